The number of phenols is 1. The SMILES string of the molecule is COc1ccc(C(=O)OCCOc2c(C)cc(C)cc2Cc2cc(C)cc(C)c2O)cc1NC(=O)CC(=O)N1CCc2ccccc21. The standard InChI is InChI=1S/C38H40N2O7/c1-23-16-25(3)36(43)29(18-23)20-30-19-24(2)17-26(4)37(30)46-14-15-47-38(44)28-10-11-33(45-5)31(21-28)39-34(41)22-35(42)40-13-12-27-8-6-7-9-32(27)40/h6-11,16-19,21,43H,12-15,20,22H2,1-5H3,(H,39,41). The van der Waals surface area contributed by atoms with E-state index in [1.807, 2.05) is 76.2 Å². The Morgan fingerprint density at radius 2 is 1.60 bits per heavy atom. The first-order chi connectivity index (χ1) is 22.5. The van der Waals surface area contributed by atoms with E-state index in [9.17, 15) is 19.5 Å². The summed E-state index contributed by atoms with van der Waals surface area (Å²) in [4.78, 5) is 40.4. The van der Waals surface area contributed by atoms with E-state index in [0.717, 1.165) is 51.1 Å². The number of nitrogens with zero attached hydrogens (tertiary/aromatic N) is 1. The van der Waals surface area contributed by atoms with Gasteiger partial charge in [-0.05, 0) is 86.2 Å². The number of nitrogens with one attached hydrogen (secondary N) is 1. The molecule has 47 heavy (non-hydrogen) atoms. The van der Waals surface area contributed by atoms with Gasteiger partial charge < -0.3 is 29.5 Å². The highest BCUT2D eigenvalue weighted by Gasteiger charge is 2.26. The zero-order valence-electron chi connectivity index (χ0n) is 27.4. The average molecular weight is 637 g/mol. The molecular formula is C38H40N2O7. The van der Waals surface area contributed by atoms with Gasteiger partial charge in [-0.2, -0.15) is 0 Å². The van der Waals surface area contributed by atoms with Crippen molar-refractivity contribution in [3.05, 3.63) is 111 Å². The molecule has 9 heteroatoms. The monoisotopic (exact) mass is 636 g/mol. The highest BCUT2D eigenvalue weighted by molar-refractivity contribution is 6.10. The fourth-order valence-corrected chi connectivity index (χ4v) is 6.09. The number of anilines is 2. The average Bonchev–Trinajstić information content (AvgIpc) is 3.47. The van der Waals surface area contributed by atoms with Crippen molar-refractivity contribution in [3.8, 4) is 17.2 Å². The number of amides is 2. The van der Waals surface area contributed by atoms with Crippen molar-refractivity contribution in [2.75, 3.05) is 37.1 Å². The number of hydrogen-bond donors (Lipinski definition) is 2. The first-order valence-electron chi connectivity index (χ1n) is 15.6. The summed E-state index contributed by atoms with van der Waals surface area (Å²) in [5, 5.41) is 13.4. The molecule has 0 aliphatic carbocycles. The molecule has 0 bridgehead atoms. The van der Waals surface area contributed by atoms with Crippen LogP contribution in [0.15, 0.2) is 66.7 Å². The van der Waals surface area contributed by atoms with Crippen molar-refractivity contribution in [1.29, 1.82) is 0 Å². The molecule has 0 fully saturated rings. The van der Waals surface area contributed by atoms with Gasteiger partial charge in [0.15, 0.2) is 0 Å². The molecule has 244 valence electrons. The van der Waals surface area contributed by atoms with Crippen LogP contribution in [0, 0.1) is 27.7 Å². The number of phenolic OH excluding ortho intramolecular Hbond substituents is 1. The van der Waals surface area contributed by atoms with Crippen molar-refractivity contribution in [3.63, 3.8) is 0 Å². The van der Waals surface area contributed by atoms with Gasteiger partial charge >= 0.3 is 5.97 Å². The number of carbonyl (C=O) groups excluding carboxylic acids is 3. The van der Waals surface area contributed by atoms with E-state index < -0.39 is 11.9 Å². The molecule has 0 spiro atoms. The Morgan fingerprint density at radius 1 is 0.872 bits per heavy atom. The van der Waals surface area contributed by atoms with Crippen LogP contribution >= 0.6 is 0 Å². The van der Waals surface area contributed by atoms with Crippen LogP contribution in [-0.2, 0) is 27.2 Å². The molecule has 0 aromatic heterocycles. The minimum absolute atomic E-state index is 0.0140. The van der Waals surface area contributed by atoms with Crippen LogP contribution in [0.2, 0.25) is 0 Å². The molecule has 0 saturated heterocycles. The lowest BCUT2D eigenvalue weighted by atomic mass is 9.96. The van der Waals surface area contributed by atoms with E-state index in [2.05, 4.69) is 5.32 Å². The minimum atomic E-state index is -0.600. The molecule has 5 rings (SSSR count). The summed E-state index contributed by atoms with van der Waals surface area (Å²) in [5.41, 5.74) is 8.02. The number of esters is 1. The third-order valence-corrected chi connectivity index (χ3v) is 8.17. The molecule has 0 unspecified atom stereocenters. The third kappa shape index (κ3) is 7.74. The summed E-state index contributed by atoms with van der Waals surface area (Å²) in [6.45, 7) is 8.49. The fourth-order valence-electron chi connectivity index (χ4n) is 6.09. The highest BCUT2D eigenvalue weighted by Crippen LogP contribution is 2.33. The van der Waals surface area contributed by atoms with Gasteiger partial charge in [0.1, 0.15) is 36.9 Å². The number of rotatable bonds is 11. The molecule has 0 radical (unpaired) electrons. The zero-order chi connectivity index (χ0) is 33.7. The lowest BCUT2D eigenvalue weighted by Gasteiger charge is -2.18. The van der Waals surface area contributed by atoms with Crippen LogP contribution in [0.5, 0.6) is 17.2 Å². The first-order valence-corrected chi connectivity index (χ1v) is 15.6. The lowest BCUT2D eigenvalue weighted by Crippen LogP contribution is -2.32. The van der Waals surface area contributed by atoms with Gasteiger partial charge in [-0.15, -0.1) is 0 Å². The maximum Gasteiger partial charge on any atom is 0.338 e. The number of carbonyl (C=O) groups is 3. The smallest absolute Gasteiger partial charge is 0.338 e. The quantitative estimate of drug-likeness (QED) is 0.112. The van der Waals surface area contributed by atoms with Crippen LogP contribution in [0.4, 0.5) is 11.4 Å². The van der Waals surface area contributed by atoms with Gasteiger partial charge in [0.2, 0.25) is 11.8 Å². The van der Waals surface area contributed by atoms with Crippen LogP contribution in [-0.4, -0.2) is 49.8 Å². The van der Waals surface area contributed by atoms with Crippen molar-refractivity contribution in [1.82, 2.24) is 0 Å². The van der Waals surface area contributed by atoms with Gasteiger partial charge in [-0.1, -0.05) is 53.6 Å². The molecule has 4 aromatic carbocycles. The zero-order valence-corrected chi connectivity index (χ0v) is 27.4. The molecule has 2 amide bonds. The van der Waals surface area contributed by atoms with E-state index in [4.69, 9.17) is 14.2 Å². The van der Waals surface area contributed by atoms with E-state index in [0.29, 0.717) is 24.5 Å². The maximum atomic E-state index is 13.0. The number of ether oxygens (including phenoxy) is 3. The Morgan fingerprint density at radius 3 is 2.36 bits per heavy atom. The number of methoxy groups -OCH3 is 1. The summed E-state index contributed by atoms with van der Waals surface area (Å²) < 4.78 is 17.0. The number of aryl methyl sites for hydroxylation is 4. The number of aromatic hydroxyl groups is 1. The highest BCUT2D eigenvalue weighted by atomic mass is 16.6. The molecule has 1 aliphatic heterocycles. The van der Waals surface area contributed by atoms with Crippen molar-refractivity contribution < 1.29 is 33.7 Å². The van der Waals surface area contributed by atoms with E-state index in [1.165, 1.54) is 13.2 Å². The predicted octanol–water partition coefficient (Wildman–Crippen LogP) is 6.38. The van der Waals surface area contributed by atoms with Gasteiger partial charge in [0.25, 0.3) is 0 Å². The van der Waals surface area contributed by atoms with Crippen molar-refractivity contribution in [2.24, 2.45) is 0 Å². The van der Waals surface area contributed by atoms with Gasteiger partial charge in [0, 0.05) is 18.7 Å². The predicted molar refractivity (Wildman–Crippen MR) is 181 cm³/mol. The summed E-state index contributed by atoms with van der Waals surface area (Å²) in [5.74, 6) is -0.123. The Balaban J connectivity index is 1.19. The normalized spacial score (nSPS) is 12.0. The summed E-state index contributed by atoms with van der Waals surface area (Å²) in [6, 6.07) is 20.2. The molecule has 0 saturated carbocycles. The summed E-state index contributed by atoms with van der Waals surface area (Å²) >= 11 is 0. The number of fused-ring (bicyclic) bond motifs is 1. The Kier molecular flexibility index (Phi) is 10.1. The molecule has 0 atom stereocenters. The Hall–Kier alpha value is -5.31. The summed E-state index contributed by atoms with van der Waals surface area (Å²) in [6.07, 6.45) is 0.881. The lowest BCUT2D eigenvalue weighted by molar-refractivity contribution is -0.125. The molecular weight excluding hydrogens is 596 g/mol. The fraction of sp³-hybridized carbons (Fsp3) is 0.289. The summed E-state index contributed by atoms with van der Waals surface area (Å²) in [7, 11) is 1.45. The molecule has 4 aromatic rings. The topological polar surface area (TPSA) is 114 Å². The van der Waals surface area contributed by atoms with Crippen molar-refractivity contribution >= 4 is 29.2 Å². The Labute approximate surface area is 275 Å². The molecule has 9 nitrogen and oxygen atoms in total. The second-order valence-corrected chi connectivity index (χ2v) is 11.9. The van der Waals surface area contributed by atoms with Crippen molar-refractivity contribution in [2.45, 2.75) is 47.0 Å². The maximum absolute atomic E-state index is 13.0. The minimum Gasteiger partial charge on any atom is -0.507 e. The second kappa shape index (κ2) is 14.4. The van der Waals surface area contributed by atoms with E-state index in [1.54, 1.807) is 17.0 Å². The van der Waals surface area contributed by atoms with Gasteiger partial charge in [0.05, 0.1) is 18.4 Å². The first kappa shape index (κ1) is 33.1. The molecule has 2 N–H and O–H groups in total. The van der Waals surface area contributed by atoms with E-state index in [-0.39, 0.29) is 42.5 Å². The second-order valence-electron chi connectivity index (χ2n) is 11.9. The van der Waals surface area contributed by atoms with E-state index >= 15 is 0 Å². The number of para-hydroxylation sites is 1. The molecule has 1 heterocycles. The number of hydrogen-bond acceptors (Lipinski definition) is 7. The van der Waals surface area contributed by atoms with Gasteiger partial charge in [-0.3, -0.25) is 9.59 Å². The Bertz CT molecular complexity index is 1830. The van der Waals surface area contributed by atoms with Crippen LogP contribution < -0.4 is 19.7 Å². The van der Waals surface area contributed by atoms with Crippen LogP contribution in [0.25, 0.3) is 0 Å². The molecule has 1 aliphatic rings. The van der Waals surface area contributed by atoms with Crippen LogP contribution in [0.1, 0.15) is 55.7 Å². The third-order valence-electron chi connectivity index (χ3n) is 8.17. The number of benzene rings is 4. The van der Waals surface area contributed by atoms with Gasteiger partial charge in [-0.25, -0.2) is 4.79 Å². The van der Waals surface area contributed by atoms with Crippen LogP contribution in [0.3, 0.4) is 0 Å². The largest absolute Gasteiger partial charge is 0.507 e.